The predicted octanol–water partition coefficient (Wildman–Crippen LogP) is -0.693. The van der Waals surface area contributed by atoms with E-state index >= 15 is 0 Å². The molecule has 0 rings (SSSR count). The zero-order chi connectivity index (χ0) is 11.4. The normalized spacial score (nSPS) is 10.3. The summed E-state index contributed by atoms with van der Waals surface area (Å²) in [6, 6.07) is 0. The van der Waals surface area contributed by atoms with Crippen LogP contribution in [0.3, 0.4) is 0 Å². The van der Waals surface area contributed by atoms with Crippen LogP contribution in [0, 0.1) is 0 Å². The summed E-state index contributed by atoms with van der Waals surface area (Å²) in [7, 11) is 3.22. The van der Waals surface area contributed by atoms with Crippen molar-refractivity contribution in [3.05, 3.63) is 0 Å². The summed E-state index contributed by atoms with van der Waals surface area (Å²) in [6.45, 7) is 2.34. The van der Waals surface area contributed by atoms with Crippen LogP contribution in [-0.2, 0) is 19.1 Å². The molecule has 1 amide bonds. The first-order valence-electron chi connectivity index (χ1n) is 4.90. The maximum Gasteiger partial charge on any atom is 0.236 e. The number of ether oxygens (including phenoxy) is 2. The summed E-state index contributed by atoms with van der Waals surface area (Å²) in [4.78, 5) is 16.0. The molecule has 0 aliphatic rings. The van der Waals surface area contributed by atoms with Crippen molar-refractivity contribution in [3.8, 4) is 0 Å². The Morgan fingerprint density at radius 2 is 1.87 bits per heavy atom. The number of hydroxylamine groups is 1. The van der Waals surface area contributed by atoms with Crippen molar-refractivity contribution < 1.29 is 19.1 Å². The average Bonchev–Trinajstić information content (AvgIpc) is 2.24. The molecule has 0 heterocycles. The first-order chi connectivity index (χ1) is 7.31. The van der Waals surface area contributed by atoms with Crippen LogP contribution in [0.1, 0.15) is 6.42 Å². The maximum atomic E-state index is 11.1. The number of amides is 1. The van der Waals surface area contributed by atoms with Crippen LogP contribution in [0.25, 0.3) is 0 Å². The third kappa shape index (κ3) is 11.2. The first-order valence-corrected chi connectivity index (χ1v) is 4.90. The minimum atomic E-state index is -0.0940. The van der Waals surface area contributed by atoms with Gasteiger partial charge in [-0.25, -0.2) is 0 Å². The lowest BCUT2D eigenvalue weighted by Gasteiger charge is -2.06. The summed E-state index contributed by atoms with van der Waals surface area (Å²) < 4.78 is 9.60. The Kier molecular flexibility index (Phi) is 10.9. The molecule has 0 radical (unpaired) electrons. The van der Waals surface area contributed by atoms with Gasteiger partial charge in [0.2, 0.25) is 5.91 Å². The third-order valence-electron chi connectivity index (χ3n) is 1.57. The Balaban J connectivity index is 3.11. The second kappa shape index (κ2) is 11.4. The highest BCUT2D eigenvalue weighted by atomic mass is 16.7. The molecule has 0 saturated carbocycles. The van der Waals surface area contributed by atoms with E-state index in [9.17, 15) is 4.79 Å². The van der Waals surface area contributed by atoms with Gasteiger partial charge in [0.15, 0.2) is 0 Å². The Labute approximate surface area is 90.2 Å². The lowest BCUT2D eigenvalue weighted by atomic mass is 10.4. The molecule has 0 aromatic heterocycles. The van der Waals surface area contributed by atoms with Gasteiger partial charge in [0.25, 0.3) is 0 Å². The van der Waals surface area contributed by atoms with E-state index in [-0.39, 0.29) is 12.5 Å². The van der Waals surface area contributed by atoms with Crippen molar-refractivity contribution in [1.82, 2.24) is 10.8 Å². The van der Waals surface area contributed by atoms with E-state index < -0.39 is 0 Å². The number of hydrogen-bond acceptors (Lipinski definition) is 5. The van der Waals surface area contributed by atoms with Crippen LogP contribution < -0.4 is 10.8 Å². The minimum Gasteiger partial charge on any atom is -0.385 e. The molecule has 0 aromatic rings. The zero-order valence-corrected chi connectivity index (χ0v) is 9.38. The molecule has 2 N–H and O–H groups in total. The Hall–Kier alpha value is -0.690. The van der Waals surface area contributed by atoms with E-state index in [2.05, 4.69) is 10.8 Å². The lowest BCUT2D eigenvalue weighted by molar-refractivity contribution is -0.123. The van der Waals surface area contributed by atoms with E-state index in [0.29, 0.717) is 26.4 Å². The van der Waals surface area contributed by atoms with Gasteiger partial charge in [-0.15, -0.1) is 0 Å². The quantitative estimate of drug-likeness (QED) is 0.376. The number of carbonyl (C=O) groups is 1. The van der Waals surface area contributed by atoms with E-state index in [1.165, 1.54) is 0 Å². The van der Waals surface area contributed by atoms with Gasteiger partial charge in [-0.05, 0) is 6.42 Å². The molecular formula is C9H20N2O4. The maximum absolute atomic E-state index is 11.1. The Morgan fingerprint density at radius 1 is 1.13 bits per heavy atom. The fourth-order valence-corrected chi connectivity index (χ4v) is 0.821. The monoisotopic (exact) mass is 220 g/mol. The van der Waals surface area contributed by atoms with Crippen LogP contribution in [-0.4, -0.2) is 53.0 Å². The summed E-state index contributed by atoms with van der Waals surface area (Å²) >= 11 is 0. The second-order valence-corrected chi connectivity index (χ2v) is 2.86. The van der Waals surface area contributed by atoms with Gasteiger partial charge in [0, 0.05) is 27.4 Å². The van der Waals surface area contributed by atoms with Crippen molar-refractivity contribution in [3.63, 3.8) is 0 Å². The molecule has 0 aromatic carbocycles. The highest BCUT2D eigenvalue weighted by Gasteiger charge is 1.98. The molecule has 6 nitrogen and oxygen atoms in total. The van der Waals surface area contributed by atoms with E-state index in [4.69, 9.17) is 14.3 Å². The molecule has 6 heteroatoms. The van der Waals surface area contributed by atoms with Crippen LogP contribution in [0.2, 0.25) is 0 Å². The van der Waals surface area contributed by atoms with Gasteiger partial charge >= 0.3 is 0 Å². The molecule has 0 saturated heterocycles. The molecule has 0 unspecified atom stereocenters. The van der Waals surface area contributed by atoms with Gasteiger partial charge < -0.3 is 14.8 Å². The largest absolute Gasteiger partial charge is 0.385 e. The Morgan fingerprint density at radius 3 is 2.53 bits per heavy atom. The number of rotatable bonds is 10. The fourth-order valence-electron chi connectivity index (χ4n) is 0.821. The standard InChI is InChI=1S/C9H20N2O4/c1-13-5-3-4-10-9(12)8-11-15-7-6-14-2/h11H,3-8H2,1-2H3,(H,10,12). The van der Waals surface area contributed by atoms with Crippen LogP contribution in [0.5, 0.6) is 0 Å². The molecule has 0 fully saturated rings. The van der Waals surface area contributed by atoms with Crippen molar-refractivity contribution in [2.24, 2.45) is 0 Å². The summed E-state index contributed by atoms with van der Waals surface area (Å²) in [6.07, 6.45) is 0.812. The summed E-state index contributed by atoms with van der Waals surface area (Å²) in [5, 5.41) is 2.72. The van der Waals surface area contributed by atoms with E-state index in [1.807, 2.05) is 0 Å². The number of methoxy groups -OCH3 is 2. The highest BCUT2D eigenvalue weighted by Crippen LogP contribution is 1.77. The van der Waals surface area contributed by atoms with E-state index in [0.717, 1.165) is 6.42 Å². The molecule has 0 spiro atoms. The zero-order valence-electron chi connectivity index (χ0n) is 9.38. The molecule has 0 aliphatic carbocycles. The van der Waals surface area contributed by atoms with Crippen molar-refractivity contribution >= 4 is 5.91 Å². The van der Waals surface area contributed by atoms with Crippen LogP contribution in [0.15, 0.2) is 0 Å². The summed E-state index contributed by atoms with van der Waals surface area (Å²) in [5.74, 6) is -0.0940. The molecule has 15 heavy (non-hydrogen) atoms. The van der Waals surface area contributed by atoms with Crippen LogP contribution in [0.4, 0.5) is 0 Å². The third-order valence-corrected chi connectivity index (χ3v) is 1.57. The number of hydrogen-bond donors (Lipinski definition) is 2. The molecule has 90 valence electrons. The second-order valence-electron chi connectivity index (χ2n) is 2.86. The van der Waals surface area contributed by atoms with Gasteiger partial charge in [-0.1, -0.05) is 0 Å². The number of carbonyl (C=O) groups excluding carboxylic acids is 1. The van der Waals surface area contributed by atoms with Gasteiger partial charge in [0.1, 0.15) is 0 Å². The number of nitrogens with one attached hydrogen (secondary N) is 2. The van der Waals surface area contributed by atoms with E-state index in [1.54, 1.807) is 14.2 Å². The van der Waals surface area contributed by atoms with Gasteiger partial charge in [-0.3, -0.25) is 9.63 Å². The lowest BCUT2D eigenvalue weighted by Crippen LogP contribution is -2.35. The molecule has 0 bridgehead atoms. The molecule has 0 atom stereocenters. The SMILES string of the molecule is COCCCNC(=O)CNOCCOC. The fraction of sp³-hybridized carbons (Fsp3) is 0.889. The Bertz CT molecular complexity index is 155. The highest BCUT2D eigenvalue weighted by molar-refractivity contribution is 5.77. The average molecular weight is 220 g/mol. The molecule has 0 aliphatic heterocycles. The summed E-state index contributed by atoms with van der Waals surface area (Å²) in [5.41, 5.74) is 2.54. The first kappa shape index (κ1) is 14.3. The van der Waals surface area contributed by atoms with Gasteiger partial charge in [-0.2, -0.15) is 5.48 Å². The van der Waals surface area contributed by atoms with Gasteiger partial charge in [0.05, 0.1) is 19.8 Å². The predicted molar refractivity (Wildman–Crippen MR) is 55.3 cm³/mol. The van der Waals surface area contributed by atoms with Crippen molar-refractivity contribution in [2.45, 2.75) is 6.42 Å². The van der Waals surface area contributed by atoms with Crippen LogP contribution >= 0.6 is 0 Å². The van der Waals surface area contributed by atoms with Crippen molar-refractivity contribution in [2.75, 3.05) is 47.1 Å². The topological polar surface area (TPSA) is 68.8 Å². The molecular weight excluding hydrogens is 200 g/mol. The minimum absolute atomic E-state index is 0.0940. The van der Waals surface area contributed by atoms with Crippen molar-refractivity contribution in [1.29, 1.82) is 0 Å². The smallest absolute Gasteiger partial charge is 0.236 e.